The smallest absolute Gasteiger partial charge is 0.359 e. The van der Waals surface area contributed by atoms with Gasteiger partial charge in [0.1, 0.15) is 11.1 Å². The van der Waals surface area contributed by atoms with Crippen LogP contribution in [-0.2, 0) is 22.4 Å². The molecule has 158 valence electrons. The average molecular weight is 427 g/mol. The predicted molar refractivity (Wildman–Crippen MR) is 114 cm³/mol. The van der Waals surface area contributed by atoms with Gasteiger partial charge in [-0.2, -0.15) is 5.26 Å². The van der Waals surface area contributed by atoms with Gasteiger partial charge in [0, 0.05) is 11.1 Å². The van der Waals surface area contributed by atoms with E-state index in [0.717, 1.165) is 31.2 Å². The van der Waals surface area contributed by atoms with E-state index >= 15 is 0 Å². The summed E-state index contributed by atoms with van der Waals surface area (Å²) in [5.41, 5.74) is 2.55. The van der Waals surface area contributed by atoms with Crippen LogP contribution in [0.15, 0.2) is 12.4 Å². The Morgan fingerprint density at radius 3 is 2.77 bits per heavy atom. The quantitative estimate of drug-likeness (QED) is 0.699. The Hall–Kier alpha value is -2.79. The standard InChI is InChI=1S/C22H26N4O3S/c1-5-22(3,4)14-6-7-15-16(9-23)20(30-18(15)8-14)26-19(27)12-29-21(28)17-11-24-13(2)10-25-17/h10-11,14H,5-8,12H2,1-4H3,(H,26,27). The van der Waals surface area contributed by atoms with Crippen LogP contribution in [0, 0.1) is 29.6 Å². The fourth-order valence-electron chi connectivity index (χ4n) is 3.61. The highest BCUT2D eigenvalue weighted by molar-refractivity contribution is 7.16. The van der Waals surface area contributed by atoms with Gasteiger partial charge in [0.05, 0.1) is 17.5 Å². The molecule has 0 aliphatic heterocycles. The number of carbonyl (C=O) groups excluding carboxylic acids is 2. The van der Waals surface area contributed by atoms with Crippen molar-refractivity contribution in [3.8, 4) is 6.07 Å². The highest BCUT2D eigenvalue weighted by Gasteiger charge is 2.34. The van der Waals surface area contributed by atoms with Gasteiger partial charge < -0.3 is 10.1 Å². The van der Waals surface area contributed by atoms with E-state index in [4.69, 9.17) is 4.74 Å². The van der Waals surface area contributed by atoms with Crippen LogP contribution < -0.4 is 5.32 Å². The van der Waals surface area contributed by atoms with Crippen LogP contribution in [0.5, 0.6) is 0 Å². The van der Waals surface area contributed by atoms with E-state index in [1.54, 1.807) is 6.92 Å². The Labute approximate surface area is 180 Å². The van der Waals surface area contributed by atoms with Gasteiger partial charge in [0.2, 0.25) is 0 Å². The molecule has 2 aromatic rings. The Balaban J connectivity index is 1.65. The number of nitrogens with zero attached hydrogens (tertiary/aromatic N) is 3. The molecule has 0 saturated heterocycles. The molecule has 1 unspecified atom stereocenters. The second-order valence-corrected chi connectivity index (χ2v) is 9.37. The molecule has 7 nitrogen and oxygen atoms in total. The zero-order chi connectivity index (χ0) is 21.9. The van der Waals surface area contributed by atoms with Gasteiger partial charge >= 0.3 is 5.97 Å². The fraction of sp³-hybridized carbons (Fsp3) is 0.500. The van der Waals surface area contributed by atoms with E-state index in [-0.39, 0.29) is 11.1 Å². The van der Waals surface area contributed by atoms with Crippen LogP contribution in [0.25, 0.3) is 0 Å². The maximum Gasteiger partial charge on any atom is 0.359 e. The third kappa shape index (κ3) is 4.68. The summed E-state index contributed by atoms with van der Waals surface area (Å²) >= 11 is 1.46. The third-order valence-corrected chi connectivity index (χ3v) is 7.14. The monoisotopic (exact) mass is 426 g/mol. The van der Waals surface area contributed by atoms with Crippen LogP contribution in [0.4, 0.5) is 5.00 Å². The summed E-state index contributed by atoms with van der Waals surface area (Å²) in [6.45, 7) is 8.09. The summed E-state index contributed by atoms with van der Waals surface area (Å²) < 4.78 is 5.02. The SMILES string of the molecule is CCC(C)(C)C1CCc2c(sc(NC(=O)COC(=O)c3cnc(C)cn3)c2C#N)C1. The lowest BCUT2D eigenvalue weighted by Crippen LogP contribution is -2.28. The number of rotatable bonds is 6. The second kappa shape index (κ2) is 8.92. The van der Waals surface area contributed by atoms with Crippen molar-refractivity contribution in [3.05, 3.63) is 39.8 Å². The van der Waals surface area contributed by atoms with Crippen molar-refractivity contribution in [2.24, 2.45) is 11.3 Å². The summed E-state index contributed by atoms with van der Waals surface area (Å²) in [6, 6.07) is 2.24. The predicted octanol–water partition coefficient (Wildman–Crippen LogP) is 4.05. The first kappa shape index (κ1) is 21.9. The Bertz CT molecular complexity index is 989. The number of nitriles is 1. The molecule has 1 aliphatic carbocycles. The molecule has 2 heterocycles. The van der Waals surface area contributed by atoms with E-state index in [1.165, 1.54) is 28.6 Å². The van der Waals surface area contributed by atoms with Gasteiger partial charge in [-0.25, -0.2) is 9.78 Å². The van der Waals surface area contributed by atoms with Crippen molar-refractivity contribution < 1.29 is 14.3 Å². The van der Waals surface area contributed by atoms with Crippen molar-refractivity contribution >= 4 is 28.2 Å². The fourth-order valence-corrected chi connectivity index (χ4v) is 4.91. The number of aryl methyl sites for hydroxylation is 1. The Morgan fingerprint density at radius 1 is 1.37 bits per heavy atom. The van der Waals surface area contributed by atoms with E-state index in [0.29, 0.717) is 22.2 Å². The van der Waals surface area contributed by atoms with Crippen molar-refractivity contribution in [1.82, 2.24) is 9.97 Å². The van der Waals surface area contributed by atoms with Crippen LogP contribution >= 0.6 is 11.3 Å². The van der Waals surface area contributed by atoms with Gasteiger partial charge in [-0.1, -0.05) is 27.2 Å². The molecule has 8 heteroatoms. The normalized spacial score (nSPS) is 15.8. The topological polar surface area (TPSA) is 105 Å². The lowest BCUT2D eigenvalue weighted by atomic mass is 9.69. The molecule has 1 atom stereocenters. The van der Waals surface area contributed by atoms with Gasteiger partial charge in [-0.15, -0.1) is 11.3 Å². The summed E-state index contributed by atoms with van der Waals surface area (Å²) in [7, 11) is 0. The molecular formula is C22H26N4O3S. The van der Waals surface area contributed by atoms with Crippen LogP contribution in [0.2, 0.25) is 0 Å². The average Bonchev–Trinajstić information content (AvgIpc) is 3.08. The number of ether oxygens (including phenoxy) is 1. The van der Waals surface area contributed by atoms with Gasteiger partial charge in [0.15, 0.2) is 12.3 Å². The van der Waals surface area contributed by atoms with Gasteiger partial charge in [-0.3, -0.25) is 9.78 Å². The van der Waals surface area contributed by atoms with Crippen molar-refractivity contribution in [2.45, 2.75) is 53.4 Å². The Morgan fingerprint density at radius 2 is 2.13 bits per heavy atom. The first-order chi connectivity index (χ1) is 14.2. The summed E-state index contributed by atoms with van der Waals surface area (Å²) in [5, 5.41) is 12.9. The summed E-state index contributed by atoms with van der Waals surface area (Å²) in [4.78, 5) is 33.4. The number of hydrogen-bond acceptors (Lipinski definition) is 7. The number of nitrogens with one attached hydrogen (secondary N) is 1. The molecule has 0 radical (unpaired) electrons. The molecule has 0 aromatic carbocycles. The number of aromatic nitrogens is 2. The highest BCUT2D eigenvalue weighted by Crippen LogP contribution is 2.45. The maximum atomic E-state index is 12.3. The molecule has 0 bridgehead atoms. The highest BCUT2D eigenvalue weighted by atomic mass is 32.1. The van der Waals surface area contributed by atoms with Crippen molar-refractivity contribution in [3.63, 3.8) is 0 Å². The number of carbonyl (C=O) groups is 2. The summed E-state index contributed by atoms with van der Waals surface area (Å²) in [5.74, 6) is -0.641. The molecule has 1 amide bonds. The molecule has 1 N–H and O–H groups in total. The zero-order valence-corrected chi connectivity index (χ0v) is 18.6. The van der Waals surface area contributed by atoms with E-state index in [2.05, 4.69) is 42.1 Å². The largest absolute Gasteiger partial charge is 0.451 e. The summed E-state index contributed by atoms with van der Waals surface area (Å²) in [6.07, 6.45) is 6.68. The number of fused-ring (bicyclic) bond motifs is 1. The molecule has 1 aliphatic rings. The number of thiophene rings is 1. The molecule has 30 heavy (non-hydrogen) atoms. The number of anilines is 1. The van der Waals surface area contributed by atoms with Crippen molar-refractivity contribution in [1.29, 1.82) is 5.26 Å². The minimum atomic E-state index is -0.715. The van der Waals surface area contributed by atoms with Gasteiger partial charge in [-0.05, 0) is 43.1 Å². The first-order valence-corrected chi connectivity index (χ1v) is 10.9. The first-order valence-electron chi connectivity index (χ1n) is 10.1. The Kier molecular flexibility index (Phi) is 6.52. The molecule has 0 fully saturated rings. The lowest BCUT2D eigenvalue weighted by molar-refractivity contribution is -0.119. The van der Waals surface area contributed by atoms with E-state index in [1.807, 2.05) is 0 Å². The lowest BCUT2D eigenvalue weighted by Gasteiger charge is -2.36. The van der Waals surface area contributed by atoms with E-state index in [9.17, 15) is 14.9 Å². The second-order valence-electron chi connectivity index (χ2n) is 8.27. The molecule has 2 aromatic heterocycles. The molecule has 0 spiro atoms. The van der Waals surface area contributed by atoms with Crippen molar-refractivity contribution in [2.75, 3.05) is 11.9 Å². The minimum absolute atomic E-state index is 0.0438. The van der Waals surface area contributed by atoms with Crippen LogP contribution in [0.1, 0.15) is 65.8 Å². The van der Waals surface area contributed by atoms with Gasteiger partial charge in [0.25, 0.3) is 5.91 Å². The molecular weight excluding hydrogens is 400 g/mol. The molecule has 3 rings (SSSR count). The van der Waals surface area contributed by atoms with Crippen LogP contribution in [0.3, 0.4) is 0 Å². The van der Waals surface area contributed by atoms with E-state index < -0.39 is 18.5 Å². The maximum absolute atomic E-state index is 12.3. The number of esters is 1. The third-order valence-electron chi connectivity index (χ3n) is 5.97. The molecule has 0 saturated carbocycles. The number of amides is 1. The zero-order valence-electron chi connectivity index (χ0n) is 17.7. The minimum Gasteiger partial charge on any atom is -0.451 e. The number of hydrogen-bond donors (Lipinski definition) is 1. The van der Waals surface area contributed by atoms with Crippen LogP contribution in [-0.4, -0.2) is 28.5 Å².